The number of carbonyl (C=O) groups excluding carboxylic acids is 1. The van der Waals surface area contributed by atoms with Gasteiger partial charge >= 0.3 is 0 Å². The minimum atomic E-state index is -0.354. The summed E-state index contributed by atoms with van der Waals surface area (Å²) >= 11 is 0. The monoisotopic (exact) mass is 199 g/mol. The molecule has 72 valence electrons. The molecule has 0 fully saturated rings. The number of hydrogen-bond acceptors (Lipinski definition) is 2. The molecule has 0 amide bonds. The lowest BCUT2D eigenvalue weighted by Crippen LogP contribution is -2.30. The molecule has 2 N–H and O–H groups in total. The maximum Gasteiger partial charge on any atom is 0.146 e. The zero-order valence-electron chi connectivity index (χ0n) is 7.57. The van der Waals surface area contributed by atoms with Crippen molar-refractivity contribution >= 4 is 18.2 Å². The van der Waals surface area contributed by atoms with E-state index in [9.17, 15) is 4.79 Å². The molecule has 0 bridgehead atoms. The molecular weight excluding hydrogens is 186 g/mol. The lowest BCUT2D eigenvalue weighted by molar-refractivity contribution is -0.118. The lowest BCUT2D eigenvalue weighted by atomic mass is 10.0. The van der Waals surface area contributed by atoms with Crippen LogP contribution < -0.4 is 5.73 Å². The van der Waals surface area contributed by atoms with Gasteiger partial charge in [0.25, 0.3) is 0 Å². The Hall–Kier alpha value is -0.860. The van der Waals surface area contributed by atoms with Crippen molar-refractivity contribution in [2.24, 2.45) is 5.73 Å². The third kappa shape index (κ3) is 4.06. The molecule has 0 saturated heterocycles. The second-order valence-electron chi connectivity index (χ2n) is 2.91. The number of benzene rings is 1. The average molecular weight is 200 g/mol. The molecule has 1 aromatic carbocycles. The number of rotatable bonds is 3. The van der Waals surface area contributed by atoms with Crippen LogP contribution in [0.25, 0.3) is 0 Å². The van der Waals surface area contributed by atoms with Crippen LogP contribution in [0.5, 0.6) is 0 Å². The van der Waals surface area contributed by atoms with Gasteiger partial charge < -0.3 is 5.73 Å². The van der Waals surface area contributed by atoms with Crippen molar-refractivity contribution in [3.63, 3.8) is 0 Å². The molecule has 2 nitrogen and oxygen atoms in total. The first-order chi connectivity index (χ1) is 5.70. The summed E-state index contributed by atoms with van der Waals surface area (Å²) in [6.45, 7) is 1.52. The van der Waals surface area contributed by atoms with Crippen LogP contribution in [-0.2, 0) is 11.2 Å². The molecule has 1 atom stereocenters. The molecular formula is C10H14ClNO. The van der Waals surface area contributed by atoms with E-state index in [2.05, 4.69) is 0 Å². The predicted octanol–water partition coefficient (Wildman–Crippen LogP) is 1.57. The van der Waals surface area contributed by atoms with E-state index < -0.39 is 0 Å². The van der Waals surface area contributed by atoms with Crippen LogP contribution in [0.1, 0.15) is 12.5 Å². The van der Waals surface area contributed by atoms with Gasteiger partial charge in [-0.05, 0) is 18.9 Å². The van der Waals surface area contributed by atoms with Crippen molar-refractivity contribution < 1.29 is 4.79 Å². The second-order valence-corrected chi connectivity index (χ2v) is 2.91. The number of carbonyl (C=O) groups is 1. The van der Waals surface area contributed by atoms with Gasteiger partial charge in [-0.2, -0.15) is 0 Å². The van der Waals surface area contributed by atoms with Gasteiger partial charge in [-0.3, -0.25) is 4.79 Å². The Bertz CT molecular complexity index is 261. The normalized spacial score (nSPS) is 11.5. The summed E-state index contributed by atoms with van der Waals surface area (Å²) in [5.41, 5.74) is 6.71. The summed E-state index contributed by atoms with van der Waals surface area (Å²) < 4.78 is 0. The van der Waals surface area contributed by atoms with Gasteiger partial charge in [0, 0.05) is 0 Å². The number of Topliss-reactive ketones (excluding diaryl/α,β-unsaturated/α-hetero) is 1. The highest BCUT2D eigenvalue weighted by Gasteiger charge is 2.07. The minimum absolute atomic E-state index is 0. The van der Waals surface area contributed by atoms with E-state index in [0.717, 1.165) is 5.56 Å². The molecule has 0 heterocycles. The third-order valence-electron chi connectivity index (χ3n) is 1.82. The number of nitrogens with two attached hydrogens (primary N) is 1. The summed E-state index contributed by atoms with van der Waals surface area (Å²) in [7, 11) is 0. The minimum Gasteiger partial charge on any atom is -0.321 e. The SMILES string of the molecule is CC(=O)C(N)Cc1ccccc1.Cl. The van der Waals surface area contributed by atoms with Gasteiger partial charge in [0.2, 0.25) is 0 Å². The van der Waals surface area contributed by atoms with Gasteiger partial charge in [-0.25, -0.2) is 0 Å². The number of halogens is 1. The fourth-order valence-corrected chi connectivity index (χ4v) is 1.01. The smallest absolute Gasteiger partial charge is 0.146 e. The molecule has 0 saturated carbocycles. The first-order valence-electron chi connectivity index (χ1n) is 4.00. The fraction of sp³-hybridized carbons (Fsp3) is 0.300. The quantitative estimate of drug-likeness (QED) is 0.803. The Morgan fingerprint density at radius 2 is 1.92 bits per heavy atom. The highest BCUT2D eigenvalue weighted by Crippen LogP contribution is 2.01. The molecule has 13 heavy (non-hydrogen) atoms. The Morgan fingerprint density at radius 3 is 2.38 bits per heavy atom. The average Bonchev–Trinajstić information content (AvgIpc) is 2.06. The molecule has 0 spiro atoms. The standard InChI is InChI=1S/C10H13NO.ClH/c1-8(12)10(11)7-9-5-3-2-4-6-9;/h2-6,10H,7,11H2,1H3;1H. The highest BCUT2D eigenvalue weighted by atomic mass is 35.5. The van der Waals surface area contributed by atoms with Crippen molar-refractivity contribution in [3.05, 3.63) is 35.9 Å². The van der Waals surface area contributed by atoms with Crippen LogP contribution in [0.4, 0.5) is 0 Å². The van der Waals surface area contributed by atoms with Crippen LogP contribution in [0.2, 0.25) is 0 Å². The summed E-state index contributed by atoms with van der Waals surface area (Å²) in [6.07, 6.45) is 0.635. The molecule has 0 aliphatic heterocycles. The van der Waals surface area contributed by atoms with Gasteiger partial charge in [0.1, 0.15) is 5.78 Å². The summed E-state index contributed by atoms with van der Waals surface area (Å²) in [5.74, 6) is 0.0406. The predicted molar refractivity (Wildman–Crippen MR) is 56.1 cm³/mol. The molecule has 0 aliphatic carbocycles. The second kappa shape index (κ2) is 5.73. The van der Waals surface area contributed by atoms with E-state index in [4.69, 9.17) is 5.73 Å². The van der Waals surface area contributed by atoms with Crippen molar-refractivity contribution in [2.45, 2.75) is 19.4 Å². The molecule has 0 aliphatic rings. The van der Waals surface area contributed by atoms with Crippen molar-refractivity contribution in [1.82, 2.24) is 0 Å². The van der Waals surface area contributed by atoms with Crippen LogP contribution in [0.15, 0.2) is 30.3 Å². The third-order valence-corrected chi connectivity index (χ3v) is 1.82. The maximum absolute atomic E-state index is 10.8. The van der Waals surface area contributed by atoms with Gasteiger partial charge in [-0.1, -0.05) is 30.3 Å². The Balaban J connectivity index is 0.00000144. The van der Waals surface area contributed by atoms with Gasteiger partial charge in [0.15, 0.2) is 0 Å². The van der Waals surface area contributed by atoms with E-state index in [0.29, 0.717) is 6.42 Å². The zero-order valence-corrected chi connectivity index (χ0v) is 8.38. The zero-order chi connectivity index (χ0) is 8.97. The van der Waals surface area contributed by atoms with Crippen LogP contribution >= 0.6 is 12.4 Å². The van der Waals surface area contributed by atoms with Crippen LogP contribution in [0.3, 0.4) is 0 Å². The topological polar surface area (TPSA) is 43.1 Å². The van der Waals surface area contributed by atoms with Crippen LogP contribution in [-0.4, -0.2) is 11.8 Å². The van der Waals surface area contributed by atoms with E-state index in [1.54, 1.807) is 0 Å². The Labute approximate surface area is 84.5 Å². The number of ketones is 1. The Kier molecular flexibility index (Phi) is 5.35. The van der Waals surface area contributed by atoms with Crippen molar-refractivity contribution in [3.8, 4) is 0 Å². The van der Waals surface area contributed by atoms with Crippen molar-refractivity contribution in [1.29, 1.82) is 0 Å². The summed E-state index contributed by atoms with van der Waals surface area (Å²) in [6, 6.07) is 9.44. The molecule has 1 aromatic rings. The number of hydrogen-bond donors (Lipinski definition) is 1. The van der Waals surface area contributed by atoms with Gasteiger partial charge in [-0.15, -0.1) is 12.4 Å². The van der Waals surface area contributed by atoms with E-state index in [-0.39, 0.29) is 24.2 Å². The highest BCUT2D eigenvalue weighted by molar-refractivity contribution is 5.85. The maximum atomic E-state index is 10.8. The van der Waals surface area contributed by atoms with E-state index in [1.807, 2.05) is 30.3 Å². The summed E-state index contributed by atoms with van der Waals surface area (Å²) in [5, 5.41) is 0. The molecule has 0 radical (unpaired) electrons. The van der Waals surface area contributed by atoms with Crippen molar-refractivity contribution in [2.75, 3.05) is 0 Å². The first-order valence-corrected chi connectivity index (χ1v) is 4.00. The molecule has 1 rings (SSSR count). The Morgan fingerprint density at radius 1 is 1.38 bits per heavy atom. The first kappa shape index (κ1) is 12.1. The lowest BCUT2D eigenvalue weighted by Gasteiger charge is -2.06. The summed E-state index contributed by atoms with van der Waals surface area (Å²) in [4.78, 5) is 10.8. The van der Waals surface area contributed by atoms with Gasteiger partial charge in [0.05, 0.1) is 6.04 Å². The largest absolute Gasteiger partial charge is 0.321 e. The molecule has 0 aromatic heterocycles. The van der Waals surface area contributed by atoms with E-state index in [1.165, 1.54) is 6.92 Å². The molecule has 1 unspecified atom stereocenters. The molecule has 3 heteroatoms. The van der Waals surface area contributed by atoms with E-state index >= 15 is 0 Å². The van der Waals surface area contributed by atoms with Crippen LogP contribution in [0, 0.1) is 0 Å². The fourth-order valence-electron chi connectivity index (χ4n) is 1.01.